The number of fused-ring (bicyclic) bond motifs is 3. The zero-order chi connectivity index (χ0) is 24.4. The minimum Gasteiger partial charge on any atom is -0.480 e. The van der Waals surface area contributed by atoms with E-state index in [1.165, 1.54) is 0 Å². The van der Waals surface area contributed by atoms with Gasteiger partial charge in [-0.3, -0.25) is 4.79 Å². The number of carbonyl (C=O) groups is 3. The molecule has 1 unspecified atom stereocenters. The SMILES string of the molecule is O=C(NC1(C(=O)NC(Cc2ccccc2)C(=O)O)CC1)OCC1c2ccccc2-c2ccccc21. The van der Waals surface area contributed by atoms with E-state index in [1.807, 2.05) is 66.7 Å². The summed E-state index contributed by atoms with van der Waals surface area (Å²) >= 11 is 0. The van der Waals surface area contributed by atoms with E-state index in [2.05, 4.69) is 22.8 Å². The van der Waals surface area contributed by atoms with Crippen molar-refractivity contribution in [2.45, 2.75) is 36.8 Å². The Bertz CT molecular complexity index is 1220. The molecular weight excluding hydrogens is 444 g/mol. The van der Waals surface area contributed by atoms with Crippen LogP contribution < -0.4 is 10.6 Å². The summed E-state index contributed by atoms with van der Waals surface area (Å²) < 4.78 is 5.57. The molecule has 0 aliphatic heterocycles. The van der Waals surface area contributed by atoms with Crippen LogP contribution in [0.1, 0.15) is 35.4 Å². The van der Waals surface area contributed by atoms with E-state index in [0.717, 1.165) is 27.8 Å². The van der Waals surface area contributed by atoms with Gasteiger partial charge in [0.05, 0.1) is 0 Å². The molecule has 1 saturated carbocycles. The van der Waals surface area contributed by atoms with Crippen LogP contribution in [0, 0.1) is 0 Å². The lowest BCUT2D eigenvalue weighted by Crippen LogP contribution is -2.54. The smallest absolute Gasteiger partial charge is 0.408 e. The molecule has 178 valence electrons. The molecule has 5 rings (SSSR count). The number of carboxylic acid groups (broad SMARTS) is 1. The Labute approximate surface area is 203 Å². The summed E-state index contributed by atoms with van der Waals surface area (Å²) in [4.78, 5) is 37.3. The highest BCUT2D eigenvalue weighted by molar-refractivity contribution is 5.95. The molecule has 1 fully saturated rings. The first-order valence-corrected chi connectivity index (χ1v) is 11.7. The van der Waals surface area contributed by atoms with Crippen LogP contribution in [0.25, 0.3) is 11.1 Å². The molecule has 2 aliphatic rings. The van der Waals surface area contributed by atoms with Crippen molar-refractivity contribution in [1.82, 2.24) is 10.6 Å². The van der Waals surface area contributed by atoms with E-state index >= 15 is 0 Å². The highest BCUT2D eigenvalue weighted by Crippen LogP contribution is 2.44. The molecular formula is C28H26N2O5. The van der Waals surface area contributed by atoms with Crippen LogP contribution in [0.5, 0.6) is 0 Å². The van der Waals surface area contributed by atoms with Gasteiger partial charge in [-0.1, -0.05) is 78.9 Å². The maximum absolute atomic E-state index is 12.9. The van der Waals surface area contributed by atoms with Crippen LogP contribution >= 0.6 is 0 Å². The third kappa shape index (κ3) is 4.62. The van der Waals surface area contributed by atoms with Crippen LogP contribution in [0.4, 0.5) is 4.79 Å². The quantitative estimate of drug-likeness (QED) is 0.464. The van der Waals surface area contributed by atoms with Crippen molar-refractivity contribution in [1.29, 1.82) is 0 Å². The first-order valence-electron chi connectivity index (χ1n) is 11.7. The summed E-state index contributed by atoms with van der Waals surface area (Å²) in [6.07, 6.45) is 0.333. The van der Waals surface area contributed by atoms with Gasteiger partial charge in [0, 0.05) is 12.3 Å². The minimum atomic E-state index is -1.13. The van der Waals surface area contributed by atoms with Gasteiger partial charge in [-0.25, -0.2) is 9.59 Å². The number of hydrogen-bond acceptors (Lipinski definition) is 4. The Balaban J connectivity index is 1.21. The maximum Gasteiger partial charge on any atom is 0.408 e. The summed E-state index contributed by atoms with van der Waals surface area (Å²) in [6.45, 7) is 0.142. The van der Waals surface area contributed by atoms with Gasteiger partial charge in [0.2, 0.25) is 5.91 Å². The molecule has 2 aliphatic carbocycles. The first-order chi connectivity index (χ1) is 17.0. The predicted molar refractivity (Wildman–Crippen MR) is 130 cm³/mol. The predicted octanol–water partition coefficient (Wildman–Crippen LogP) is 3.87. The van der Waals surface area contributed by atoms with Gasteiger partial charge in [0.1, 0.15) is 18.2 Å². The first kappa shape index (κ1) is 22.7. The molecule has 35 heavy (non-hydrogen) atoms. The van der Waals surface area contributed by atoms with Gasteiger partial charge in [0.25, 0.3) is 0 Å². The number of alkyl carbamates (subject to hydrolysis) is 1. The van der Waals surface area contributed by atoms with Crippen molar-refractivity contribution < 1.29 is 24.2 Å². The van der Waals surface area contributed by atoms with E-state index in [0.29, 0.717) is 12.8 Å². The number of hydrogen-bond donors (Lipinski definition) is 3. The lowest BCUT2D eigenvalue weighted by molar-refractivity contribution is -0.142. The highest BCUT2D eigenvalue weighted by Gasteiger charge is 2.52. The Hall–Kier alpha value is -4.13. The van der Waals surface area contributed by atoms with Crippen molar-refractivity contribution in [3.8, 4) is 11.1 Å². The van der Waals surface area contributed by atoms with Crippen molar-refractivity contribution >= 4 is 18.0 Å². The van der Waals surface area contributed by atoms with E-state index in [1.54, 1.807) is 0 Å². The lowest BCUT2D eigenvalue weighted by Gasteiger charge is -2.21. The van der Waals surface area contributed by atoms with Gasteiger partial charge in [-0.15, -0.1) is 0 Å². The molecule has 0 aromatic heterocycles. The monoisotopic (exact) mass is 470 g/mol. The molecule has 3 aromatic rings. The average molecular weight is 471 g/mol. The van der Waals surface area contributed by atoms with Crippen LogP contribution in [0.3, 0.4) is 0 Å². The second-order valence-corrected chi connectivity index (χ2v) is 9.09. The van der Waals surface area contributed by atoms with Crippen LogP contribution in [-0.4, -0.2) is 41.3 Å². The molecule has 1 atom stereocenters. The molecule has 3 aromatic carbocycles. The zero-order valence-corrected chi connectivity index (χ0v) is 19.1. The number of carbonyl (C=O) groups excluding carboxylic acids is 2. The Morgan fingerprint density at radius 3 is 2.03 bits per heavy atom. The summed E-state index contributed by atoms with van der Waals surface area (Å²) in [5, 5.41) is 14.9. The second kappa shape index (κ2) is 9.25. The van der Waals surface area contributed by atoms with Gasteiger partial charge < -0.3 is 20.5 Å². The van der Waals surface area contributed by atoms with Crippen molar-refractivity contribution in [2.75, 3.05) is 6.61 Å². The molecule has 0 heterocycles. The maximum atomic E-state index is 12.9. The molecule has 0 saturated heterocycles. The number of aliphatic carboxylic acids is 1. The van der Waals surface area contributed by atoms with E-state index in [-0.39, 0.29) is 18.9 Å². The third-order valence-corrected chi connectivity index (χ3v) is 6.76. The van der Waals surface area contributed by atoms with E-state index in [9.17, 15) is 19.5 Å². The standard InChI is InChI=1S/C28H26N2O5/c31-25(32)24(16-18-8-2-1-3-9-18)29-26(33)28(14-15-28)30-27(34)35-17-23-21-12-6-4-10-19(21)20-11-5-7-13-22(20)23/h1-13,23-24H,14-17H2,(H,29,33)(H,30,34)(H,31,32). The fourth-order valence-corrected chi connectivity index (χ4v) is 4.71. The fraction of sp³-hybridized carbons (Fsp3) is 0.250. The lowest BCUT2D eigenvalue weighted by atomic mass is 9.98. The molecule has 0 radical (unpaired) electrons. The van der Waals surface area contributed by atoms with Crippen LogP contribution in [-0.2, 0) is 20.7 Å². The highest BCUT2D eigenvalue weighted by atomic mass is 16.5. The summed E-state index contributed by atoms with van der Waals surface area (Å²) in [5.41, 5.74) is 4.14. The van der Waals surface area contributed by atoms with Crippen molar-refractivity contribution in [3.63, 3.8) is 0 Å². The average Bonchev–Trinajstić information content (AvgIpc) is 3.58. The Morgan fingerprint density at radius 1 is 0.886 bits per heavy atom. The number of amides is 2. The van der Waals surface area contributed by atoms with E-state index < -0.39 is 29.6 Å². The van der Waals surface area contributed by atoms with Crippen molar-refractivity contribution in [3.05, 3.63) is 95.6 Å². The van der Waals surface area contributed by atoms with Gasteiger partial charge in [-0.2, -0.15) is 0 Å². The van der Waals surface area contributed by atoms with Crippen molar-refractivity contribution in [2.24, 2.45) is 0 Å². The topological polar surface area (TPSA) is 105 Å². The van der Waals surface area contributed by atoms with E-state index in [4.69, 9.17) is 4.74 Å². The van der Waals surface area contributed by atoms with Gasteiger partial charge >= 0.3 is 12.1 Å². The fourth-order valence-electron chi connectivity index (χ4n) is 4.71. The number of nitrogens with one attached hydrogen (secondary N) is 2. The summed E-state index contributed by atoms with van der Waals surface area (Å²) in [6, 6.07) is 24.1. The summed E-state index contributed by atoms with van der Waals surface area (Å²) in [5.74, 6) is -1.71. The molecule has 0 spiro atoms. The number of benzene rings is 3. The van der Waals surface area contributed by atoms with Gasteiger partial charge in [0.15, 0.2) is 0 Å². The molecule has 0 bridgehead atoms. The second-order valence-electron chi connectivity index (χ2n) is 9.09. The number of carboxylic acids is 1. The van der Waals surface area contributed by atoms with Crippen LogP contribution in [0.15, 0.2) is 78.9 Å². The Kier molecular flexibility index (Phi) is 5.99. The Morgan fingerprint density at radius 2 is 1.46 bits per heavy atom. The largest absolute Gasteiger partial charge is 0.480 e. The minimum absolute atomic E-state index is 0.0839. The summed E-state index contributed by atoms with van der Waals surface area (Å²) in [7, 11) is 0. The number of rotatable bonds is 8. The van der Waals surface area contributed by atoms with Crippen LogP contribution in [0.2, 0.25) is 0 Å². The molecule has 2 amide bonds. The molecule has 7 nitrogen and oxygen atoms in total. The number of ether oxygens (including phenoxy) is 1. The zero-order valence-electron chi connectivity index (χ0n) is 19.1. The normalized spacial score (nSPS) is 15.9. The molecule has 7 heteroatoms. The third-order valence-electron chi connectivity index (χ3n) is 6.76. The van der Waals surface area contributed by atoms with Gasteiger partial charge in [-0.05, 0) is 40.7 Å². The molecule has 3 N–H and O–H groups in total.